The predicted octanol–water partition coefficient (Wildman–Crippen LogP) is 2.72. The maximum absolute atomic E-state index is 11.5. The van der Waals surface area contributed by atoms with Crippen LogP contribution in [0, 0.1) is 24.0 Å². The molecule has 0 aliphatic carbocycles. The van der Waals surface area contributed by atoms with Crippen molar-refractivity contribution in [2.75, 3.05) is 43.0 Å². The molecule has 0 aromatic carbocycles. The Morgan fingerprint density at radius 3 is 2.80 bits per heavy atom. The lowest BCUT2D eigenvalue weighted by atomic mass is 10.1. The highest BCUT2D eigenvalue weighted by Crippen LogP contribution is 2.32. The molecule has 2 aromatic rings. The smallest absolute Gasteiger partial charge is 0.311 e. The quantitative estimate of drug-likeness (QED) is 0.618. The van der Waals surface area contributed by atoms with Crippen LogP contribution in [0.15, 0.2) is 16.8 Å². The third-order valence-corrected chi connectivity index (χ3v) is 5.15. The van der Waals surface area contributed by atoms with E-state index in [1.807, 2.05) is 11.8 Å². The first-order valence-electron chi connectivity index (χ1n) is 8.18. The van der Waals surface area contributed by atoms with Gasteiger partial charge in [0.25, 0.3) is 0 Å². The minimum Gasteiger partial charge on any atom is -0.363 e. The summed E-state index contributed by atoms with van der Waals surface area (Å²) in [5.41, 5.74) is 2.05. The Labute approximate surface area is 150 Å². The molecule has 9 heteroatoms. The van der Waals surface area contributed by atoms with Crippen LogP contribution < -0.4 is 5.32 Å². The standard InChI is InChI=1S/C16H21N5O3S/c1-11-15(12(2)24-19-11)13-9-14(21(22)23)16(18-10-13)17-3-4-20-5-7-25-8-6-20/h9-10H,3-8H2,1-2H3,(H,17,18). The van der Waals surface area contributed by atoms with E-state index < -0.39 is 4.92 Å². The lowest BCUT2D eigenvalue weighted by Crippen LogP contribution is -2.36. The van der Waals surface area contributed by atoms with Gasteiger partial charge in [0.05, 0.1) is 10.6 Å². The Kier molecular flexibility index (Phi) is 5.54. The van der Waals surface area contributed by atoms with E-state index in [4.69, 9.17) is 4.52 Å². The van der Waals surface area contributed by atoms with Gasteiger partial charge >= 0.3 is 5.69 Å². The normalized spacial score (nSPS) is 15.3. The van der Waals surface area contributed by atoms with Crippen molar-refractivity contribution in [3.05, 3.63) is 33.8 Å². The molecule has 0 amide bonds. The summed E-state index contributed by atoms with van der Waals surface area (Å²) in [6, 6.07) is 1.53. The molecule has 1 fully saturated rings. The Morgan fingerprint density at radius 1 is 1.40 bits per heavy atom. The van der Waals surface area contributed by atoms with Crippen LogP contribution in [0.2, 0.25) is 0 Å². The number of aryl methyl sites for hydroxylation is 2. The van der Waals surface area contributed by atoms with Crippen molar-refractivity contribution in [2.24, 2.45) is 0 Å². The van der Waals surface area contributed by atoms with Crippen LogP contribution in [-0.2, 0) is 0 Å². The van der Waals surface area contributed by atoms with Crippen LogP contribution in [0.4, 0.5) is 11.5 Å². The van der Waals surface area contributed by atoms with Gasteiger partial charge in [-0.2, -0.15) is 11.8 Å². The van der Waals surface area contributed by atoms with Gasteiger partial charge in [0, 0.05) is 61.1 Å². The summed E-state index contributed by atoms with van der Waals surface area (Å²) >= 11 is 1.96. The van der Waals surface area contributed by atoms with Crippen LogP contribution in [0.3, 0.4) is 0 Å². The third-order valence-electron chi connectivity index (χ3n) is 4.21. The van der Waals surface area contributed by atoms with Crippen molar-refractivity contribution >= 4 is 23.3 Å². The van der Waals surface area contributed by atoms with Crippen molar-refractivity contribution in [3.8, 4) is 11.1 Å². The largest absolute Gasteiger partial charge is 0.363 e. The first-order valence-corrected chi connectivity index (χ1v) is 9.33. The first kappa shape index (κ1) is 17.7. The molecule has 3 heterocycles. The maximum atomic E-state index is 11.5. The number of nitrogens with one attached hydrogen (secondary N) is 1. The molecule has 1 aliphatic heterocycles. The summed E-state index contributed by atoms with van der Waals surface area (Å²) in [5.74, 6) is 3.21. The van der Waals surface area contributed by atoms with E-state index in [0.717, 1.165) is 36.7 Å². The van der Waals surface area contributed by atoms with Crippen molar-refractivity contribution in [3.63, 3.8) is 0 Å². The van der Waals surface area contributed by atoms with Gasteiger partial charge in [0.1, 0.15) is 5.76 Å². The highest BCUT2D eigenvalue weighted by atomic mass is 32.2. The molecule has 25 heavy (non-hydrogen) atoms. The Morgan fingerprint density at radius 2 is 2.16 bits per heavy atom. The number of anilines is 1. The number of hydrogen-bond donors (Lipinski definition) is 1. The summed E-state index contributed by atoms with van der Waals surface area (Å²) in [7, 11) is 0. The molecule has 0 unspecified atom stereocenters. The van der Waals surface area contributed by atoms with Crippen LogP contribution in [0.1, 0.15) is 11.5 Å². The average molecular weight is 363 g/mol. The fraction of sp³-hybridized carbons (Fsp3) is 0.500. The molecule has 8 nitrogen and oxygen atoms in total. The van der Waals surface area contributed by atoms with Gasteiger partial charge in [0.2, 0.25) is 5.82 Å². The second kappa shape index (κ2) is 7.83. The molecule has 0 saturated carbocycles. The van der Waals surface area contributed by atoms with Crippen molar-refractivity contribution in [2.45, 2.75) is 13.8 Å². The van der Waals surface area contributed by atoms with E-state index in [9.17, 15) is 10.1 Å². The van der Waals surface area contributed by atoms with Gasteiger partial charge in [0.15, 0.2) is 0 Å². The van der Waals surface area contributed by atoms with Crippen LogP contribution in [0.25, 0.3) is 11.1 Å². The minimum atomic E-state index is -0.408. The molecule has 1 aliphatic rings. The van der Waals surface area contributed by atoms with E-state index >= 15 is 0 Å². The number of nitro groups is 1. The molecule has 0 bridgehead atoms. The highest BCUT2D eigenvalue weighted by molar-refractivity contribution is 7.99. The van der Waals surface area contributed by atoms with Gasteiger partial charge in [-0.15, -0.1) is 0 Å². The number of hydrogen-bond acceptors (Lipinski definition) is 8. The third kappa shape index (κ3) is 4.10. The summed E-state index contributed by atoms with van der Waals surface area (Å²) in [6.45, 7) is 7.19. The number of rotatable bonds is 6. The average Bonchev–Trinajstić information content (AvgIpc) is 2.94. The Hall–Kier alpha value is -2.13. The molecule has 2 aromatic heterocycles. The molecular weight excluding hydrogens is 342 g/mol. The first-order chi connectivity index (χ1) is 12.1. The van der Waals surface area contributed by atoms with Gasteiger partial charge in [-0.05, 0) is 13.8 Å². The summed E-state index contributed by atoms with van der Waals surface area (Å²) in [4.78, 5) is 17.7. The number of aromatic nitrogens is 2. The van der Waals surface area contributed by atoms with E-state index in [-0.39, 0.29) is 5.69 Å². The van der Waals surface area contributed by atoms with Gasteiger partial charge in [-0.1, -0.05) is 5.16 Å². The van der Waals surface area contributed by atoms with E-state index in [1.54, 1.807) is 20.0 Å². The number of thioether (sulfide) groups is 1. The molecular formula is C16H21N5O3S. The molecule has 3 rings (SSSR count). The maximum Gasteiger partial charge on any atom is 0.311 e. The lowest BCUT2D eigenvalue weighted by Gasteiger charge is -2.26. The molecule has 0 spiro atoms. The topological polar surface area (TPSA) is 97.3 Å². The zero-order valence-corrected chi connectivity index (χ0v) is 15.1. The highest BCUT2D eigenvalue weighted by Gasteiger charge is 2.20. The van der Waals surface area contributed by atoms with Crippen molar-refractivity contribution < 1.29 is 9.45 Å². The van der Waals surface area contributed by atoms with Crippen LogP contribution in [-0.4, -0.2) is 57.6 Å². The monoisotopic (exact) mass is 363 g/mol. The molecule has 0 atom stereocenters. The lowest BCUT2D eigenvalue weighted by molar-refractivity contribution is -0.384. The van der Waals surface area contributed by atoms with Crippen LogP contribution in [0.5, 0.6) is 0 Å². The predicted molar refractivity (Wildman–Crippen MR) is 98.1 cm³/mol. The van der Waals surface area contributed by atoms with E-state index in [1.165, 1.54) is 6.07 Å². The summed E-state index contributed by atoms with van der Waals surface area (Å²) in [6.07, 6.45) is 1.62. The fourth-order valence-electron chi connectivity index (χ4n) is 2.92. The summed E-state index contributed by atoms with van der Waals surface area (Å²) < 4.78 is 5.14. The number of pyridine rings is 1. The van der Waals surface area contributed by atoms with Crippen molar-refractivity contribution in [1.29, 1.82) is 0 Å². The van der Waals surface area contributed by atoms with E-state index in [2.05, 4.69) is 20.4 Å². The zero-order chi connectivity index (χ0) is 17.8. The fourth-order valence-corrected chi connectivity index (χ4v) is 3.90. The Balaban J connectivity index is 1.74. The van der Waals surface area contributed by atoms with Crippen LogP contribution >= 0.6 is 11.8 Å². The van der Waals surface area contributed by atoms with Gasteiger partial charge in [-0.25, -0.2) is 4.98 Å². The molecule has 1 N–H and O–H groups in total. The molecule has 134 valence electrons. The second-order valence-corrected chi connectivity index (χ2v) is 7.15. The molecule has 1 saturated heterocycles. The minimum absolute atomic E-state index is 0.0355. The SMILES string of the molecule is Cc1noc(C)c1-c1cnc(NCCN2CCSCC2)c([N+](=O)[O-])c1. The van der Waals surface area contributed by atoms with E-state index in [0.29, 0.717) is 29.4 Å². The van der Waals surface area contributed by atoms with Crippen molar-refractivity contribution in [1.82, 2.24) is 15.0 Å². The summed E-state index contributed by atoms with van der Waals surface area (Å²) in [5, 5.41) is 18.5. The van der Waals surface area contributed by atoms with Gasteiger partial charge < -0.3 is 9.84 Å². The molecule has 0 radical (unpaired) electrons. The number of nitrogens with zero attached hydrogens (tertiary/aromatic N) is 4. The second-order valence-electron chi connectivity index (χ2n) is 5.93. The Bertz CT molecular complexity index is 739. The zero-order valence-electron chi connectivity index (χ0n) is 14.3. The van der Waals surface area contributed by atoms with Gasteiger partial charge in [-0.3, -0.25) is 15.0 Å².